The zero-order chi connectivity index (χ0) is 31.5. The van der Waals surface area contributed by atoms with Crippen molar-refractivity contribution < 1.29 is 46.5 Å². The zero-order valence-electron chi connectivity index (χ0n) is 24.0. The van der Waals surface area contributed by atoms with Crippen molar-refractivity contribution >= 4 is 17.6 Å². The molecular weight excluding hydrogens is 569 g/mol. The summed E-state index contributed by atoms with van der Waals surface area (Å²) in [6.45, 7) is 0.817. The van der Waals surface area contributed by atoms with Crippen LogP contribution in [-0.2, 0) is 11.3 Å². The molecule has 1 N–H and O–H groups in total. The van der Waals surface area contributed by atoms with Crippen LogP contribution in [0.2, 0.25) is 0 Å². The van der Waals surface area contributed by atoms with Gasteiger partial charge in [0.25, 0.3) is 11.8 Å². The summed E-state index contributed by atoms with van der Waals surface area (Å²) in [5.74, 6) is -3.10. The molecule has 0 radical (unpaired) electrons. The number of amides is 2. The Labute approximate surface area is 245 Å². The predicted molar refractivity (Wildman–Crippen MR) is 149 cm³/mol. The van der Waals surface area contributed by atoms with Crippen molar-refractivity contribution in [2.75, 3.05) is 28.4 Å². The second-order valence-electron chi connectivity index (χ2n) is 9.47. The van der Waals surface area contributed by atoms with Crippen LogP contribution >= 0.6 is 0 Å². The Kier molecular flexibility index (Phi) is 8.70. The van der Waals surface area contributed by atoms with Crippen LogP contribution in [0, 0.1) is 0 Å². The van der Waals surface area contributed by atoms with E-state index in [1.165, 1.54) is 77.8 Å². The smallest absolute Gasteiger partial charge is 0.425 e. The Hall–Kier alpha value is -5.00. The number of methoxy groups -OCH3 is 4. The highest BCUT2D eigenvalue weighted by atomic mass is 19.4. The quantitative estimate of drug-likeness (QED) is 0.330. The summed E-state index contributed by atoms with van der Waals surface area (Å²) < 4.78 is 67.1. The molecule has 1 aliphatic heterocycles. The highest BCUT2D eigenvalue weighted by Crippen LogP contribution is 2.47. The first-order chi connectivity index (χ1) is 20.4. The number of carbonyl (C=O) groups excluding carboxylic acids is 3. The maximum absolute atomic E-state index is 15.3. The van der Waals surface area contributed by atoms with Gasteiger partial charge in [-0.15, -0.1) is 0 Å². The molecule has 0 bridgehead atoms. The molecule has 4 rings (SSSR count). The fourth-order valence-electron chi connectivity index (χ4n) is 5.05. The average Bonchev–Trinajstić information content (AvgIpc) is 3.22. The Morgan fingerprint density at radius 1 is 0.814 bits per heavy atom. The number of Topliss-reactive ketones (excluding diaryl/α,β-unsaturated/α-hetero) is 1. The van der Waals surface area contributed by atoms with Gasteiger partial charge in [0.2, 0.25) is 5.54 Å². The van der Waals surface area contributed by atoms with E-state index >= 15 is 13.2 Å². The van der Waals surface area contributed by atoms with Crippen molar-refractivity contribution in [1.82, 2.24) is 10.2 Å². The lowest BCUT2D eigenvalue weighted by molar-refractivity contribution is -0.189. The standard InChI is InChI=1S/C31H29F3N2O7/c1-18-25(26(37)19-10-7-6-8-11-19)30(31(32,33)34,35-28(38)20-14-15-22(40-2)24(16-20)42-4)29(39)36(18)17-21-12-9-13-23(41-3)27(21)43-5/h6-16H,17H2,1-5H3,(H,35,38). The van der Waals surface area contributed by atoms with Crippen molar-refractivity contribution in [3.05, 3.63) is 94.7 Å². The van der Waals surface area contributed by atoms with E-state index in [2.05, 4.69) is 0 Å². The SMILES string of the molecule is COc1ccc(C(=O)NC2(C(F)(F)F)C(=O)N(Cc3cccc(OC)c3OC)C(C)=C2C(=O)c2ccccc2)cc1OC. The molecule has 43 heavy (non-hydrogen) atoms. The molecule has 0 aromatic heterocycles. The topological polar surface area (TPSA) is 103 Å². The molecule has 3 aromatic carbocycles. The minimum atomic E-state index is -5.44. The van der Waals surface area contributed by atoms with Crippen molar-refractivity contribution in [2.45, 2.75) is 25.2 Å². The molecule has 0 aliphatic carbocycles. The second-order valence-corrected chi connectivity index (χ2v) is 9.47. The van der Waals surface area contributed by atoms with Crippen molar-refractivity contribution in [3.63, 3.8) is 0 Å². The van der Waals surface area contributed by atoms with E-state index in [1.54, 1.807) is 24.3 Å². The summed E-state index contributed by atoms with van der Waals surface area (Å²) in [6.07, 6.45) is -5.44. The summed E-state index contributed by atoms with van der Waals surface area (Å²) in [5.41, 5.74) is -4.98. The minimum absolute atomic E-state index is 0.0769. The third kappa shape index (κ3) is 5.36. The van der Waals surface area contributed by atoms with Gasteiger partial charge in [-0.3, -0.25) is 14.4 Å². The van der Waals surface area contributed by atoms with Crippen LogP contribution in [-0.4, -0.2) is 62.7 Å². The fourth-order valence-corrected chi connectivity index (χ4v) is 5.05. The van der Waals surface area contributed by atoms with E-state index in [1.807, 2.05) is 5.32 Å². The van der Waals surface area contributed by atoms with E-state index in [0.29, 0.717) is 5.56 Å². The monoisotopic (exact) mass is 598 g/mol. The fraction of sp³-hybridized carbons (Fsp3) is 0.258. The molecular formula is C31H29F3N2O7. The number of rotatable bonds is 10. The lowest BCUT2D eigenvalue weighted by Gasteiger charge is -2.33. The van der Waals surface area contributed by atoms with Gasteiger partial charge in [-0.1, -0.05) is 42.5 Å². The van der Waals surface area contributed by atoms with Crippen LogP contribution in [0.3, 0.4) is 0 Å². The second kappa shape index (κ2) is 12.1. The zero-order valence-corrected chi connectivity index (χ0v) is 24.0. The summed E-state index contributed by atoms with van der Waals surface area (Å²) in [5, 5.41) is 1.90. The number of hydrogen-bond acceptors (Lipinski definition) is 7. The summed E-state index contributed by atoms with van der Waals surface area (Å²) in [4.78, 5) is 42.2. The molecule has 0 fully saturated rings. The number of carbonyl (C=O) groups is 3. The minimum Gasteiger partial charge on any atom is -0.493 e. The van der Waals surface area contributed by atoms with Gasteiger partial charge in [-0.2, -0.15) is 13.2 Å². The van der Waals surface area contributed by atoms with E-state index in [9.17, 15) is 14.4 Å². The number of ketones is 1. The maximum Gasteiger partial charge on any atom is 0.425 e. The van der Waals surface area contributed by atoms with Gasteiger partial charge in [0, 0.05) is 22.4 Å². The predicted octanol–water partition coefficient (Wildman–Crippen LogP) is 4.95. The van der Waals surface area contributed by atoms with Gasteiger partial charge in [0.1, 0.15) is 0 Å². The first-order valence-electron chi connectivity index (χ1n) is 12.9. The van der Waals surface area contributed by atoms with Gasteiger partial charge >= 0.3 is 6.18 Å². The number of halogens is 3. The number of hydrogen-bond donors (Lipinski definition) is 1. The molecule has 3 aromatic rings. The number of benzene rings is 3. The van der Waals surface area contributed by atoms with E-state index in [-0.39, 0.29) is 39.8 Å². The largest absolute Gasteiger partial charge is 0.493 e. The number of ether oxygens (including phenoxy) is 4. The van der Waals surface area contributed by atoms with E-state index < -0.39 is 41.4 Å². The number of nitrogens with one attached hydrogen (secondary N) is 1. The number of alkyl halides is 3. The van der Waals surface area contributed by atoms with Crippen molar-refractivity contribution in [1.29, 1.82) is 0 Å². The molecule has 0 saturated carbocycles. The van der Waals surface area contributed by atoms with Crippen molar-refractivity contribution in [2.24, 2.45) is 0 Å². The average molecular weight is 599 g/mol. The van der Waals surface area contributed by atoms with Crippen LogP contribution in [0.5, 0.6) is 23.0 Å². The maximum atomic E-state index is 15.3. The van der Waals surface area contributed by atoms with Crippen LogP contribution in [0.4, 0.5) is 13.2 Å². The van der Waals surface area contributed by atoms with Gasteiger partial charge in [0.15, 0.2) is 28.8 Å². The van der Waals surface area contributed by atoms with Gasteiger partial charge in [0.05, 0.1) is 40.6 Å². The third-order valence-corrected chi connectivity index (χ3v) is 7.16. The van der Waals surface area contributed by atoms with Gasteiger partial charge in [-0.25, -0.2) is 0 Å². The molecule has 1 aliphatic rings. The molecule has 1 unspecified atom stereocenters. The highest BCUT2D eigenvalue weighted by Gasteiger charge is 2.70. The number of allylic oxidation sites excluding steroid dienone is 1. The van der Waals surface area contributed by atoms with Gasteiger partial charge in [-0.05, 0) is 31.2 Å². The highest BCUT2D eigenvalue weighted by molar-refractivity contribution is 6.19. The molecule has 0 spiro atoms. The lowest BCUT2D eigenvalue weighted by atomic mass is 9.84. The Balaban J connectivity index is 1.91. The molecule has 12 heteroatoms. The first-order valence-corrected chi connectivity index (χ1v) is 12.9. The Bertz CT molecular complexity index is 1590. The number of nitrogens with zero attached hydrogens (tertiary/aromatic N) is 1. The molecule has 2 amide bonds. The van der Waals surface area contributed by atoms with E-state index in [4.69, 9.17) is 18.9 Å². The Morgan fingerprint density at radius 2 is 1.47 bits per heavy atom. The molecule has 226 valence electrons. The normalized spacial score (nSPS) is 16.7. The van der Waals surface area contributed by atoms with Crippen LogP contribution in [0.25, 0.3) is 0 Å². The number of para-hydroxylation sites is 1. The molecule has 0 saturated heterocycles. The van der Waals surface area contributed by atoms with Crippen LogP contribution in [0.15, 0.2) is 78.0 Å². The van der Waals surface area contributed by atoms with E-state index in [0.717, 1.165) is 4.90 Å². The van der Waals surface area contributed by atoms with Gasteiger partial charge < -0.3 is 29.2 Å². The lowest BCUT2D eigenvalue weighted by Crippen LogP contribution is -2.66. The summed E-state index contributed by atoms with van der Waals surface area (Å²) in [6, 6.07) is 15.7. The molecule has 1 heterocycles. The van der Waals surface area contributed by atoms with Crippen molar-refractivity contribution in [3.8, 4) is 23.0 Å². The molecule has 1 atom stereocenters. The summed E-state index contributed by atoms with van der Waals surface area (Å²) in [7, 11) is 5.39. The first kappa shape index (κ1) is 30.9. The molecule has 9 nitrogen and oxygen atoms in total. The summed E-state index contributed by atoms with van der Waals surface area (Å²) >= 11 is 0. The van der Waals surface area contributed by atoms with Crippen LogP contribution < -0.4 is 24.3 Å². The Morgan fingerprint density at radius 3 is 2.05 bits per heavy atom. The third-order valence-electron chi connectivity index (χ3n) is 7.16. The van der Waals surface area contributed by atoms with Crippen LogP contribution in [0.1, 0.15) is 33.2 Å².